The fourth-order valence-corrected chi connectivity index (χ4v) is 5.78. The number of amides is 1. The second-order valence-corrected chi connectivity index (χ2v) is 9.95. The third-order valence-corrected chi connectivity index (χ3v) is 8.26. The second kappa shape index (κ2) is 9.49. The Morgan fingerprint density at radius 3 is 2.43 bits per heavy atom. The number of halogens is 1. The van der Waals surface area contributed by atoms with Crippen LogP contribution >= 0.6 is 15.9 Å². The van der Waals surface area contributed by atoms with Gasteiger partial charge in [0.2, 0.25) is 10.0 Å². The fourth-order valence-electron chi connectivity index (χ4n) is 3.88. The molecule has 0 saturated carbocycles. The second-order valence-electron chi connectivity index (χ2n) is 7.16. The topological polar surface area (TPSA) is 66.9 Å². The van der Waals surface area contributed by atoms with Gasteiger partial charge in [-0.15, -0.1) is 0 Å². The molecule has 2 aromatic carbocycles. The molecule has 30 heavy (non-hydrogen) atoms. The van der Waals surface area contributed by atoms with Crippen molar-refractivity contribution in [2.24, 2.45) is 0 Å². The number of ether oxygens (including phenoxy) is 1. The summed E-state index contributed by atoms with van der Waals surface area (Å²) in [6.45, 7) is 4.99. The zero-order valence-corrected chi connectivity index (χ0v) is 19.9. The molecule has 1 amide bonds. The van der Waals surface area contributed by atoms with Gasteiger partial charge in [-0.3, -0.25) is 4.79 Å². The zero-order chi connectivity index (χ0) is 21.9. The van der Waals surface area contributed by atoms with Crippen molar-refractivity contribution >= 4 is 31.9 Å². The summed E-state index contributed by atoms with van der Waals surface area (Å²) in [5.41, 5.74) is 1.41. The molecule has 1 unspecified atom stereocenters. The molecule has 1 fully saturated rings. The number of methoxy groups -OCH3 is 1. The maximum absolute atomic E-state index is 13.4. The largest absolute Gasteiger partial charge is 0.497 e. The minimum Gasteiger partial charge on any atom is -0.497 e. The van der Waals surface area contributed by atoms with Crippen LogP contribution in [-0.4, -0.2) is 50.3 Å². The van der Waals surface area contributed by atoms with Crippen LogP contribution in [-0.2, 0) is 10.0 Å². The SMILES string of the molecule is CCN(CC)S(=O)(=O)c1ccc(Br)c(C(=O)N2CCCC2c2ccc(OC)cc2)c1. The van der Waals surface area contributed by atoms with Gasteiger partial charge in [-0.05, 0) is 64.7 Å². The first-order valence-corrected chi connectivity index (χ1v) is 12.3. The molecule has 162 valence electrons. The highest BCUT2D eigenvalue weighted by Crippen LogP contribution is 2.35. The van der Waals surface area contributed by atoms with E-state index in [1.165, 1.54) is 10.4 Å². The molecular formula is C22H27BrN2O4S. The van der Waals surface area contributed by atoms with Gasteiger partial charge >= 0.3 is 0 Å². The molecule has 0 bridgehead atoms. The van der Waals surface area contributed by atoms with Gasteiger partial charge < -0.3 is 9.64 Å². The Balaban J connectivity index is 1.93. The van der Waals surface area contributed by atoms with E-state index in [0.29, 0.717) is 29.7 Å². The number of sulfonamides is 1. The van der Waals surface area contributed by atoms with Gasteiger partial charge in [-0.2, -0.15) is 4.31 Å². The van der Waals surface area contributed by atoms with Crippen molar-refractivity contribution in [1.29, 1.82) is 0 Å². The van der Waals surface area contributed by atoms with Gasteiger partial charge in [-0.1, -0.05) is 26.0 Å². The minimum atomic E-state index is -3.64. The van der Waals surface area contributed by atoms with Crippen molar-refractivity contribution in [2.45, 2.75) is 37.6 Å². The van der Waals surface area contributed by atoms with E-state index < -0.39 is 10.0 Å². The van der Waals surface area contributed by atoms with E-state index in [1.807, 2.05) is 29.2 Å². The number of rotatable bonds is 7. The Kier molecular flexibility index (Phi) is 7.21. The summed E-state index contributed by atoms with van der Waals surface area (Å²) in [5.74, 6) is 0.600. The van der Waals surface area contributed by atoms with Crippen LogP contribution in [0.25, 0.3) is 0 Å². The molecule has 0 spiro atoms. The van der Waals surface area contributed by atoms with Crippen molar-refractivity contribution in [2.75, 3.05) is 26.7 Å². The highest BCUT2D eigenvalue weighted by atomic mass is 79.9. The third kappa shape index (κ3) is 4.40. The molecule has 0 N–H and O–H groups in total. The standard InChI is InChI=1S/C22H27BrN2O4S/c1-4-24(5-2)30(27,28)18-12-13-20(23)19(15-18)22(26)25-14-6-7-21(25)16-8-10-17(29-3)11-9-16/h8-13,15,21H,4-7,14H2,1-3H3. The molecule has 1 atom stereocenters. The number of carbonyl (C=O) groups excluding carboxylic acids is 1. The van der Waals surface area contributed by atoms with Crippen molar-refractivity contribution in [3.8, 4) is 5.75 Å². The Morgan fingerprint density at radius 1 is 1.17 bits per heavy atom. The van der Waals surface area contributed by atoms with Gasteiger partial charge in [0, 0.05) is 24.1 Å². The Bertz CT molecular complexity index is 1000. The summed E-state index contributed by atoms with van der Waals surface area (Å²) in [6.07, 6.45) is 1.77. The number of hydrogen-bond donors (Lipinski definition) is 0. The Morgan fingerprint density at radius 2 is 1.83 bits per heavy atom. The van der Waals surface area contributed by atoms with Crippen molar-refractivity contribution in [1.82, 2.24) is 9.21 Å². The number of likely N-dealkylation sites (tertiary alicyclic amines) is 1. The fraction of sp³-hybridized carbons (Fsp3) is 0.409. The molecule has 1 heterocycles. The number of benzene rings is 2. The third-order valence-electron chi connectivity index (χ3n) is 5.53. The van der Waals surface area contributed by atoms with E-state index in [2.05, 4.69) is 15.9 Å². The van der Waals surface area contributed by atoms with Crippen LogP contribution in [0.4, 0.5) is 0 Å². The van der Waals surface area contributed by atoms with E-state index in [4.69, 9.17) is 4.74 Å². The summed E-state index contributed by atoms with van der Waals surface area (Å²) >= 11 is 3.44. The van der Waals surface area contributed by atoms with Crippen LogP contribution in [0.1, 0.15) is 48.7 Å². The summed E-state index contributed by atoms with van der Waals surface area (Å²) in [5, 5.41) is 0. The van der Waals surface area contributed by atoms with E-state index in [1.54, 1.807) is 33.1 Å². The molecule has 0 aromatic heterocycles. The maximum Gasteiger partial charge on any atom is 0.255 e. The van der Waals surface area contributed by atoms with Crippen LogP contribution < -0.4 is 4.74 Å². The Labute approximate surface area is 187 Å². The molecule has 1 aliphatic rings. The highest BCUT2D eigenvalue weighted by molar-refractivity contribution is 9.10. The van der Waals surface area contributed by atoms with Crippen LogP contribution in [0.3, 0.4) is 0 Å². The van der Waals surface area contributed by atoms with E-state index in [-0.39, 0.29) is 16.8 Å². The lowest BCUT2D eigenvalue weighted by molar-refractivity contribution is 0.0734. The van der Waals surface area contributed by atoms with Gasteiger partial charge in [0.1, 0.15) is 5.75 Å². The van der Waals surface area contributed by atoms with Crippen LogP contribution in [0.2, 0.25) is 0 Å². The Hall–Kier alpha value is -1.90. The number of hydrogen-bond acceptors (Lipinski definition) is 4. The predicted octanol–water partition coefficient (Wildman–Crippen LogP) is 4.47. The smallest absolute Gasteiger partial charge is 0.255 e. The zero-order valence-electron chi connectivity index (χ0n) is 17.5. The summed E-state index contributed by atoms with van der Waals surface area (Å²) in [7, 11) is -2.02. The predicted molar refractivity (Wildman–Crippen MR) is 120 cm³/mol. The lowest BCUT2D eigenvalue weighted by atomic mass is 10.0. The van der Waals surface area contributed by atoms with Gasteiger partial charge in [0.15, 0.2) is 0 Å². The van der Waals surface area contributed by atoms with E-state index in [0.717, 1.165) is 24.2 Å². The van der Waals surface area contributed by atoms with E-state index in [9.17, 15) is 13.2 Å². The summed E-state index contributed by atoms with van der Waals surface area (Å²) in [4.78, 5) is 15.4. The molecule has 3 rings (SSSR count). The quantitative estimate of drug-likeness (QED) is 0.569. The monoisotopic (exact) mass is 494 g/mol. The van der Waals surface area contributed by atoms with Gasteiger partial charge in [0.05, 0.1) is 23.6 Å². The molecule has 0 aliphatic carbocycles. The van der Waals surface area contributed by atoms with E-state index >= 15 is 0 Å². The molecule has 8 heteroatoms. The van der Waals surface area contributed by atoms with Crippen LogP contribution in [0.5, 0.6) is 5.75 Å². The number of carbonyl (C=O) groups is 1. The van der Waals surface area contributed by atoms with Crippen molar-refractivity contribution in [3.05, 3.63) is 58.1 Å². The lowest BCUT2D eigenvalue weighted by Gasteiger charge is -2.26. The first kappa shape index (κ1) is 22.8. The summed E-state index contributed by atoms with van der Waals surface area (Å²) < 4.78 is 33.0. The normalized spacial score (nSPS) is 16.8. The molecule has 1 aliphatic heterocycles. The number of nitrogens with zero attached hydrogens (tertiary/aromatic N) is 2. The minimum absolute atomic E-state index is 0.0432. The van der Waals surface area contributed by atoms with Crippen LogP contribution in [0, 0.1) is 0 Å². The first-order chi connectivity index (χ1) is 14.3. The van der Waals surface area contributed by atoms with Crippen LogP contribution in [0.15, 0.2) is 51.8 Å². The average molecular weight is 495 g/mol. The average Bonchev–Trinajstić information content (AvgIpc) is 3.24. The molecular weight excluding hydrogens is 468 g/mol. The molecule has 1 saturated heterocycles. The van der Waals surface area contributed by atoms with Crippen molar-refractivity contribution in [3.63, 3.8) is 0 Å². The molecule has 0 radical (unpaired) electrons. The van der Waals surface area contributed by atoms with Gasteiger partial charge in [-0.25, -0.2) is 8.42 Å². The molecule has 2 aromatic rings. The van der Waals surface area contributed by atoms with Crippen molar-refractivity contribution < 1.29 is 17.9 Å². The van der Waals surface area contributed by atoms with Gasteiger partial charge in [0.25, 0.3) is 5.91 Å². The first-order valence-electron chi connectivity index (χ1n) is 10.1. The maximum atomic E-state index is 13.4. The lowest BCUT2D eigenvalue weighted by Crippen LogP contribution is -2.32. The summed E-state index contributed by atoms with van der Waals surface area (Å²) in [6, 6.07) is 12.4. The highest BCUT2D eigenvalue weighted by Gasteiger charge is 2.32. The molecule has 6 nitrogen and oxygen atoms in total.